The van der Waals surface area contributed by atoms with Crippen LogP contribution in [0.25, 0.3) is 0 Å². The van der Waals surface area contributed by atoms with Gasteiger partial charge in [0.2, 0.25) is 0 Å². The van der Waals surface area contributed by atoms with Gasteiger partial charge in [-0.25, -0.2) is 9.97 Å². The normalized spacial score (nSPS) is 17.8. The van der Waals surface area contributed by atoms with Crippen LogP contribution < -0.4 is 0 Å². The lowest BCUT2D eigenvalue weighted by Crippen LogP contribution is -2.31. The number of aromatic hydroxyl groups is 2. The second kappa shape index (κ2) is 6.80. The maximum absolute atomic E-state index is 9.97. The zero-order valence-corrected chi connectivity index (χ0v) is 14.1. The maximum atomic E-state index is 9.97. The van der Waals surface area contributed by atoms with E-state index < -0.39 is 0 Å². The predicted molar refractivity (Wildman–Crippen MR) is 94.9 cm³/mol. The number of phenols is 2. The lowest BCUT2D eigenvalue weighted by Gasteiger charge is -2.28. The van der Waals surface area contributed by atoms with E-state index in [1.807, 2.05) is 6.20 Å². The van der Waals surface area contributed by atoms with Crippen molar-refractivity contribution in [3.05, 3.63) is 47.0 Å². The predicted octanol–water partition coefficient (Wildman–Crippen LogP) is 2.42. The fourth-order valence-corrected chi connectivity index (χ4v) is 3.47. The van der Waals surface area contributed by atoms with Crippen molar-refractivity contribution in [1.29, 1.82) is 0 Å². The van der Waals surface area contributed by atoms with Crippen LogP contribution in [0.1, 0.15) is 41.9 Å². The molecule has 1 aromatic carbocycles. The molecule has 0 unspecified atom stereocenters. The highest BCUT2D eigenvalue weighted by Crippen LogP contribution is 2.26. The summed E-state index contributed by atoms with van der Waals surface area (Å²) in [6, 6.07) is 4.64. The molecule has 0 radical (unpaired) electrons. The number of nitrogens with zero attached hydrogens (tertiary/aromatic N) is 4. The Kier molecular flexibility index (Phi) is 4.36. The SMILES string of the molecule is Oc1ccc(O)c(CN2CCc3nc(C4=NCCCC4)ncc3C2)c1. The van der Waals surface area contributed by atoms with Gasteiger partial charge in [0.25, 0.3) is 0 Å². The third-order valence-electron chi connectivity index (χ3n) is 4.85. The van der Waals surface area contributed by atoms with Crippen molar-refractivity contribution in [3.8, 4) is 11.5 Å². The molecule has 0 spiro atoms. The molecule has 0 saturated heterocycles. The number of aromatic nitrogens is 2. The Morgan fingerprint density at radius 3 is 2.88 bits per heavy atom. The van der Waals surface area contributed by atoms with Crippen LogP contribution in [-0.2, 0) is 19.5 Å². The number of aliphatic imine (C=N–C) groups is 1. The molecule has 2 N–H and O–H groups in total. The standard InChI is InChI=1S/C19H22N4O2/c24-15-4-5-18(25)13(9-15)11-23-8-6-16-14(12-23)10-21-19(22-16)17-3-1-2-7-20-17/h4-5,9-10,24-25H,1-3,6-8,11-12H2. The van der Waals surface area contributed by atoms with Crippen molar-refractivity contribution in [3.63, 3.8) is 0 Å². The summed E-state index contributed by atoms with van der Waals surface area (Å²) in [6.45, 7) is 3.09. The van der Waals surface area contributed by atoms with E-state index in [1.54, 1.807) is 6.07 Å². The van der Waals surface area contributed by atoms with E-state index >= 15 is 0 Å². The lowest BCUT2D eigenvalue weighted by molar-refractivity contribution is 0.239. The number of phenolic OH excluding ortho intramolecular Hbond substituents is 2. The van der Waals surface area contributed by atoms with E-state index in [2.05, 4.69) is 14.9 Å². The molecule has 25 heavy (non-hydrogen) atoms. The fourth-order valence-electron chi connectivity index (χ4n) is 3.47. The molecular weight excluding hydrogens is 316 g/mol. The molecule has 4 rings (SSSR count). The number of rotatable bonds is 3. The van der Waals surface area contributed by atoms with Gasteiger partial charge in [0.1, 0.15) is 11.5 Å². The molecule has 1 aromatic heterocycles. The van der Waals surface area contributed by atoms with Gasteiger partial charge in [-0.15, -0.1) is 0 Å². The Labute approximate surface area is 146 Å². The number of hydrogen-bond acceptors (Lipinski definition) is 6. The molecule has 0 bridgehead atoms. The van der Waals surface area contributed by atoms with Gasteiger partial charge < -0.3 is 10.2 Å². The van der Waals surface area contributed by atoms with Crippen molar-refractivity contribution in [2.45, 2.75) is 38.8 Å². The smallest absolute Gasteiger partial charge is 0.173 e. The average molecular weight is 338 g/mol. The Hall–Kier alpha value is -2.47. The zero-order valence-electron chi connectivity index (χ0n) is 14.1. The first-order valence-corrected chi connectivity index (χ1v) is 8.81. The molecular formula is C19H22N4O2. The highest BCUT2D eigenvalue weighted by Gasteiger charge is 2.21. The summed E-state index contributed by atoms with van der Waals surface area (Å²) in [5.74, 6) is 1.18. The Morgan fingerprint density at radius 1 is 1.12 bits per heavy atom. The van der Waals surface area contributed by atoms with Crippen molar-refractivity contribution >= 4 is 5.71 Å². The van der Waals surface area contributed by atoms with Crippen LogP contribution in [-0.4, -0.2) is 43.9 Å². The van der Waals surface area contributed by atoms with E-state index in [0.717, 1.165) is 67.3 Å². The Bertz CT molecular complexity index is 819. The third-order valence-corrected chi connectivity index (χ3v) is 4.85. The summed E-state index contributed by atoms with van der Waals surface area (Å²) in [5.41, 5.74) is 4.01. The van der Waals surface area contributed by atoms with Crippen LogP contribution in [0.15, 0.2) is 29.4 Å². The molecule has 0 atom stereocenters. The van der Waals surface area contributed by atoms with Gasteiger partial charge in [0.05, 0.1) is 11.4 Å². The first-order valence-electron chi connectivity index (χ1n) is 8.81. The number of benzene rings is 1. The fraction of sp³-hybridized carbons (Fsp3) is 0.421. The second-order valence-electron chi connectivity index (χ2n) is 6.72. The minimum absolute atomic E-state index is 0.173. The summed E-state index contributed by atoms with van der Waals surface area (Å²) in [7, 11) is 0. The van der Waals surface area contributed by atoms with Gasteiger partial charge >= 0.3 is 0 Å². The lowest BCUT2D eigenvalue weighted by atomic mass is 10.0. The van der Waals surface area contributed by atoms with E-state index in [-0.39, 0.29) is 11.5 Å². The minimum atomic E-state index is 0.173. The van der Waals surface area contributed by atoms with E-state index in [4.69, 9.17) is 4.98 Å². The van der Waals surface area contributed by atoms with Crippen molar-refractivity contribution in [1.82, 2.24) is 14.9 Å². The molecule has 0 amide bonds. The molecule has 2 aromatic rings. The van der Waals surface area contributed by atoms with Crippen LogP contribution in [0.5, 0.6) is 11.5 Å². The van der Waals surface area contributed by atoms with Crippen LogP contribution in [0.3, 0.4) is 0 Å². The summed E-state index contributed by atoms with van der Waals surface area (Å²) in [4.78, 5) is 16.1. The first-order chi connectivity index (χ1) is 12.2. The molecule has 6 nitrogen and oxygen atoms in total. The summed E-state index contributed by atoms with van der Waals surface area (Å²) >= 11 is 0. The third kappa shape index (κ3) is 3.49. The summed E-state index contributed by atoms with van der Waals surface area (Å²) in [5, 5.41) is 19.6. The first kappa shape index (κ1) is 16.0. The monoisotopic (exact) mass is 338 g/mol. The second-order valence-corrected chi connectivity index (χ2v) is 6.72. The van der Waals surface area contributed by atoms with Crippen molar-refractivity contribution in [2.75, 3.05) is 13.1 Å². The number of fused-ring (bicyclic) bond motifs is 1. The molecule has 130 valence electrons. The van der Waals surface area contributed by atoms with Crippen LogP contribution >= 0.6 is 0 Å². The molecule has 2 aliphatic heterocycles. The Morgan fingerprint density at radius 2 is 2.04 bits per heavy atom. The summed E-state index contributed by atoms with van der Waals surface area (Å²) in [6.07, 6.45) is 6.08. The van der Waals surface area contributed by atoms with Gasteiger partial charge in [-0.1, -0.05) is 0 Å². The molecule has 6 heteroatoms. The van der Waals surface area contributed by atoms with Crippen LogP contribution in [0, 0.1) is 0 Å². The van der Waals surface area contributed by atoms with Gasteiger partial charge in [0, 0.05) is 49.9 Å². The van der Waals surface area contributed by atoms with Crippen LogP contribution in [0.2, 0.25) is 0 Å². The molecule has 0 saturated carbocycles. The molecule has 2 aliphatic rings. The molecule has 0 aliphatic carbocycles. The average Bonchev–Trinajstić information content (AvgIpc) is 2.65. The summed E-state index contributed by atoms with van der Waals surface area (Å²) < 4.78 is 0. The maximum Gasteiger partial charge on any atom is 0.173 e. The number of hydrogen-bond donors (Lipinski definition) is 2. The molecule has 0 fully saturated rings. The molecule has 3 heterocycles. The topological polar surface area (TPSA) is 81.8 Å². The van der Waals surface area contributed by atoms with Gasteiger partial charge in [-0.2, -0.15) is 0 Å². The van der Waals surface area contributed by atoms with E-state index in [9.17, 15) is 10.2 Å². The van der Waals surface area contributed by atoms with Crippen LogP contribution in [0.4, 0.5) is 0 Å². The zero-order chi connectivity index (χ0) is 17.2. The Balaban J connectivity index is 1.50. The highest BCUT2D eigenvalue weighted by molar-refractivity contribution is 5.97. The minimum Gasteiger partial charge on any atom is -0.508 e. The van der Waals surface area contributed by atoms with Gasteiger partial charge in [-0.05, 0) is 37.5 Å². The van der Waals surface area contributed by atoms with Gasteiger partial charge in [0.15, 0.2) is 5.82 Å². The largest absolute Gasteiger partial charge is 0.508 e. The highest BCUT2D eigenvalue weighted by atomic mass is 16.3. The van der Waals surface area contributed by atoms with Crippen molar-refractivity contribution < 1.29 is 10.2 Å². The quantitative estimate of drug-likeness (QED) is 0.840. The van der Waals surface area contributed by atoms with E-state index in [0.29, 0.717) is 6.54 Å². The van der Waals surface area contributed by atoms with Gasteiger partial charge in [-0.3, -0.25) is 9.89 Å². The van der Waals surface area contributed by atoms with E-state index in [1.165, 1.54) is 18.6 Å². The van der Waals surface area contributed by atoms with Crippen molar-refractivity contribution in [2.24, 2.45) is 4.99 Å².